The first-order chi connectivity index (χ1) is 16.6. The molecule has 35 heavy (non-hydrogen) atoms. The molecule has 13 heteroatoms. The van der Waals surface area contributed by atoms with E-state index in [1.165, 1.54) is 10.8 Å². The lowest BCUT2D eigenvalue weighted by Gasteiger charge is -2.12. The molecule has 0 fully saturated rings. The summed E-state index contributed by atoms with van der Waals surface area (Å²) in [6, 6.07) is 16.6. The lowest BCUT2D eigenvalue weighted by molar-refractivity contribution is -0.192. The second-order valence-corrected chi connectivity index (χ2v) is 9.05. The van der Waals surface area contributed by atoms with Crippen molar-refractivity contribution >= 4 is 39.4 Å². The fraction of sp³-hybridized carbons (Fsp3) is 0.318. The zero-order valence-electron chi connectivity index (χ0n) is 18.3. The van der Waals surface area contributed by atoms with E-state index < -0.39 is 18.1 Å². The van der Waals surface area contributed by atoms with Crippen molar-refractivity contribution in [1.82, 2.24) is 5.32 Å². The number of alkyl halides is 3. The van der Waals surface area contributed by atoms with Crippen LogP contribution in [-0.4, -0.2) is 65.5 Å². The number of hydrogen-bond donors (Lipinski definition) is 3. The number of benzene rings is 2. The molecule has 0 aliphatic carbocycles. The lowest BCUT2D eigenvalue weighted by atomic mass is 10.2. The number of carboxylic acids is 2. The summed E-state index contributed by atoms with van der Waals surface area (Å²) in [6.45, 7) is 1.20. The van der Waals surface area contributed by atoms with Crippen molar-refractivity contribution in [2.24, 2.45) is 0 Å². The van der Waals surface area contributed by atoms with Gasteiger partial charge in [0, 0.05) is 18.1 Å². The summed E-state index contributed by atoms with van der Waals surface area (Å²) >= 11 is 0. The first-order valence-corrected chi connectivity index (χ1v) is 12.5. The highest BCUT2D eigenvalue weighted by Crippen LogP contribution is 2.21. The van der Waals surface area contributed by atoms with Gasteiger partial charge < -0.3 is 25.0 Å². The second kappa shape index (κ2) is 16.5. The molecule has 2 aromatic rings. The first kappa shape index (κ1) is 30.0. The van der Waals surface area contributed by atoms with Crippen LogP contribution in [0.2, 0.25) is 0 Å². The average molecular weight is 536 g/mol. The van der Waals surface area contributed by atoms with Crippen molar-refractivity contribution in [3.8, 4) is 11.5 Å². The number of amides is 1. The molecular formula is C22H24F3NO7S2. The third kappa shape index (κ3) is 14.1. The van der Waals surface area contributed by atoms with Gasteiger partial charge in [-0.15, -0.1) is 0 Å². The number of ether oxygens (including phenoxy) is 2. The summed E-state index contributed by atoms with van der Waals surface area (Å²) in [5.74, 6) is -1.22. The van der Waals surface area contributed by atoms with Gasteiger partial charge in [-0.3, -0.25) is 9.59 Å². The van der Waals surface area contributed by atoms with E-state index in [4.69, 9.17) is 24.5 Å². The number of carbonyl (C=O) groups is 3. The number of nitrogens with one attached hydrogen (secondary N) is 1. The molecule has 0 saturated carbocycles. The van der Waals surface area contributed by atoms with Gasteiger partial charge in [0.05, 0.1) is 12.0 Å². The Bertz CT molecular complexity index is 931. The van der Waals surface area contributed by atoms with Crippen LogP contribution in [-0.2, 0) is 9.59 Å². The van der Waals surface area contributed by atoms with Gasteiger partial charge in [-0.05, 0) is 24.3 Å². The molecule has 2 aromatic carbocycles. The van der Waals surface area contributed by atoms with E-state index in [2.05, 4.69) is 5.32 Å². The third-order valence-corrected chi connectivity index (χ3v) is 6.09. The predicted molar refractivity (Wildman–Crippen MR) is 127 cm³/mol. The normalized spacial score (nSPS) is 10.5. The van der Waals surface area contributed by atoms with Crippen molar-refractivity contribution < 1.29 is 47.2 Å². The minimum Gasteiger partial charge on any atom is -0.490 e. The molecule has 0 unspecified atom stereocenters. The molecule has 0 aromatic heterocycles. The summed E-state index contributed by atoms with van der Waals surface area (Å²) in [4.78, 5) is 31.7. The maximum atomic E-state index is 12.4. The maximum absolute atomic E-state index is 12.4. The number of carbonyl (C=O) groups excluding carboxylic acids is 1. The van der Waals surface area contributed by atoms with Crippen LogP contribution in [0.1, 0.15) is 16.8 Å². The van der Waals surface area contributed by atoms with Gasteiger partial charge in [0.25, 0.3) is 5.91 Å². The Hall–Kier alpha value is -3.06. The fourth-order valence-corrected chi connectivity index (χ4v) is 4.04. The Morgan fingerprint density at radius 1 is 0.857 bits per heavy atom. The highest BCUT2D eigenvalue weighted by Gasteiger charge is 2.38. The SMILES string of the molecule is O=C(O)C(F)(F)F.O=C(O)CCSSCCNC(=O)c1ccccc1OCCOc1ccccc1. The topological polar surface area (TPSA) is 122 Å². The van der Waals surface area contributed by atoms with Crippen LogP contribution in [0.25, 0.3) is 0 Å². The molecule has 0 saturated heterocycles. The Morgan fingerprint density at radius 3 is 2.06 bits per heavy atom. The quantitative estimate of drug-likeness (QED) is 0.254. The van der Waals surface area contributed by atoms with Crippen LogP contribution in [0.15, 0.2) is 54.6 Å². The molecule has 0 heterocycles. The minimum absolute atomic E-state index is 0.142. The van der Waals surface area contributed by atoms with Crippen molar-refractivity contribution in [2.45, 2.75) is 12.6 Å². The predicted octanol–water partition coefficient (Wildman–Crippen LogP) is 4.36. The van der Waals surface area contributed by atoms with E-state index in [0.29, 0.717) is 42.6 Å². The van der Waals surface area contributed by atoms with E-state index in [9.17, 15) is 22.8 Å². The van der Waals surface area contributed by atoms with Crippen LogP contribution in [0.5, 0.6) is 11.5 Å². The highest BCUT2D eigenvalue weighted by molar-refractivity contribution is 8.76. The molecule has 0 atom stereocenters. The Kier molecular flexibility index (Phi) is 14.2. The summed E-state index contributed by atoms with van der Waals surface area (Å²) in [6.07, 6.45) is -4.94. The molecule has 1 amide bonds. The summed E-state index contributed by atoms with van der Waals surface area (Å²) < 4.78 is 43.0. The number of halogens is 3. The average Bonchev–Trinajstić information content (AvgIpc) is 2.81. The Balaban J connectivity index is 0.000000762. The van der Waals surface area contributed by atoms with Gasteiger partial charge in [0.1, 0.15) is 24.7 Å². The fourth-order valence-electron chi connectivity index (χ4n) is 2.16. The van der Waals surface area contributed by atoms with Crippen LogP contribution < -0.4 is 14.8 Å². The van der Waals surface area contributed by atoms with E-state index in [1.807, 2.05) is 36.4 Å². The standard InChI is InChI=1S/C20H23NO5S2.C2HF3O2/c22-19(23)10-14-27-28-15-11-21-20(24)17-8-4-5-9-18(17)26-13-12-25-16-6-2-1-3-7-16;3-2(4,5)1(6)7/h1-9H,10-15H2,(H,21,24)(H,22,23);(H,6,7). The molecule has 2 rings (SSSR count). The van der Waals surface area contributed by atoms with Gasteiger partial charge in [0.15, 0.2) is 0 Å². The highest BCUT2D eigenvalue weighted by atomic mass is 33.1. The molecular weight excluding hydrogens is 511 g/mol. The molecule has 192 valence electrons. The maximum Gasteiger partial charge on any atom is 0.490 e. The number of carboxylic acid groups (broad SMARTS) is 2. The lowest BCUT2D eigenvalue weighted by Crippen LogP contribution is -2.26. The van der Waals surface area contributed by atoms with Gasteiger partial charge in [-0.25, -0.2) is 4.79 Å². The van der Waals surface area contributed by atoms with Gasteiger partial charge in [-0.2, -0.15) is 13.2 Å². The molecule has 0 bridgehead atoms. The number of aliphatic carboxylic acids is 2. The van der Waals surface area contributed by atoms with Gasteiger partial charge in [0.2, 0.25) is 0 Å². The van der Waals surface area contributed by atoms with Crippen molar-refractivity contribution in [2.75, 3.05) is 31.3 Å². The van der Waals surface area contributed by atoms with Gasteiger partial charge >= 0.3 is 18.1 Å². The zero-order chi connectivity index (χ0) is 26.1. The van der Waals surface area contributed by atoms with E-state index in [0.717, 1.165) is 5.75 Å². The number of para-hydroxylation sites is 2. The summed E-state index contributed by atoms with van der Waals surface area (Å²) in [5.41, 5.74) is 0.478. The molecule has 0 aliphatic heterocycles. The number of rotatable bonds is 13. The van der Waals surface area contributed by atoms with Crippen LogP contribution in [0.4, 0.5) is 13.2 Å². The van der Waals surface area contributed by atoms with Crippen molar-refractivity contribution in [3.63, 3.8) is 0 Å². The summed E-state index contributed by atoms with van der Waals surface area (Å²) in [7, 11) is 3.03. The molecule has 8 nitrogen and oxygen atoms in total. The monoisotopic (exact) mass is 535 g/mol. The molecule has 3 N–H and O–H groups in total. The van der Waals surface area contributed by atoms with Crippen molar-refractivity contribution in [1.29, 1.82) is 0 Å². The second-order valence-electron chi connectivity index (χ2n) is 6.35. The Morgan fingerprint density at radius 2 is 1.43 bits per heavy atom. The smallest absolute Gasteiger partial charge is 0.490 e. The molecule has 0 spiro atoms. The zero-order valence-corrected chi connectivity index (χ0v) is 20.0. The van der Waals surface area contributed by atoms with Crippen molar-refractivity contribution in [3.05, 3.63) is 60.2 Å². The van der Waals surface area contributed by atoms with Crippen LogP contribution in [0.3, 0.4) is 0 Å². The molecule has 0 radical (unpaired) electrons. The van der Waals surface area contributed by atoms with Crippen LogP contribution in [0, 0.1) is 0 Å². The number of hydrogen-bond acceptors (Lipinski definition) is 7. The van der Waals surface area contributed by atoms with E-state index >= 15 is 0 Å². The Labute approximate surface area is 207 Å². The van der Waals surface area contributed by atoms with Gasteiger partial charge in [-0.1, -0.05) is 51.9 Å². The largest absolute Gasteiger partial charge is 0.490 e. The molecule has 0 aliphatic rings. The third-order valence-electron chi connectivity index (χ3n) is 3.68. The van der Waals surface area contributed by atoms with Crippen LogP contribution >= 0.6 is 21.6 Å². The summed E-state index contributed by atoms with van der Waals surface area (Å²) in [5, 5.41) is 18.6. The van der Waals surface area contributed by atoms with E-state index in [-0.39, 0.29) is 12.3 Å². The first-order valence-electron chi connectivity index (χ1n) is 10.1. The minimum atomic E-state index is -5.08. The van der Waals surface area contributed by atoms with E-state index in [1.54, 1.807) is 29.0 Å².